The molecule has 6 nitrogen and oxygen atoms in total. The minimum absolute atomic E-state index is 0.390. The quantitative estimate of drug-likeness (QED) is 0.539. The van der Waals surface area contributed by atoms with Crippen LogP contribution in [0, 0.1) is 5.82 Å². The summed E-state index contributed by atoms with van der Waals surface area (Å²) < 4.78 is 25.0. The lowest BCUT2D eigenvalue weighted by atomic mass is 10.0. The summed E-state index contributed by atoms with van der Waals surface area (Å²) in [5.74, 6) is 1.77. The second kappa shape index (κ2) is 7.71. The molecule has 0 atom stereocenters. The maximum atomic E-state index is 14.2. The van der Waals surface area contributed by atoms with Gasteiger partial charge in [-0.2, -0.15) is 0 Å². The lowest BCUT2D eigenvalue weighted by molar-refractivity contribution is 0.411. The van der Waals surface area contributed by atoms with Crippen LogP contribution in [0.25, 0.3) is 33.4 Å². The van der Waals surface area contributed by atoms with Crippen molar-refractivity contribution >= 4 is 16.7 Å². The largest absolute Gasteiger partial charge is 0.497 e. The van der Waals surface area contributed by atoms with E-state index in [2.05, 4.69) is 15.3 Å². The van der Waals surface area contributed by atoms with Crippen molar-refractivity contribution < 1.29 is 13.9 Å². The number of benzene rings is 2. The summed E-state index contributed by atoms with van der Waals surface area (Å²) in [6.07, 6.45) is 3.39. The van der Waals surface area contributed by atoms with E-state index in [9.17, 15) is 4.39 Å². The van der Waals surface area contributed by atoms with Gasteiger partial charge in [0, 0.05) is 36.6 Å². The number of fused-ring (bicyclic) bond motifs is 1. The molecule has 1 N–H and O–H groups in total. The van der Waals surface area contributed by atoms with Gasteiger partial charge in [0.25, 0.3) is 0 Å². The van der Waals surface area contributed by atoms with E-state index in [-0.39, 0.29) is 0 Å². The van der Waals surface area contributed by atoms with Crippen LogP contribution in [0.1, 0.15) is 0 Å². The zero-order chi connectivity index (χ0) is 20.4. The van der Waals surface area contributed by atoms with Gasteiger partial charge in [0.2, 0.25) is 0 Å². The average Bonchev–Trinajstić information content (AvgIpc) is 2.77. The summed E-state index contributed by atoms with van der Waals surface area (Å²) in [4.78, 5) is 13.6. The van der Waals surface area contributed by atoms with E-state index in [1.807, 2.05) is 24.3 Å². The highest BCUT2D eigenvalue weighted by molar-refractivity contribution is 6.04. The van der Waals surface area contributed by atoms with Crippen molar-refractivity contribution in [2.45, 2.75) is 0 Å². The normalized spacial score (nSPS) is 10.8. The molecule has 0 saturated carbocycles. The number of halogens is 1. The number of pyridine rings is 1. The van der Waals surface area contributed by atoms with Gasteiger partial charge in [-0.05, 0) is 42.0 Å². The molecule has 29 heavy (non-hydrogen) atoms. The number of ether oxygens (including phenoxy) is 2. The molecule has 0 spiro atoms. The van der Waals surface area contributed by atoms with E-state index in [1.165, 1.54) is 19.2 Å². The van der Waals surface area contributed by atoms with Gasteiger partial charge in [0.1, 0.15) is 23.1 Å². The SMILES string of the molecule is CNc1nc(-c2cccnc2)nc2c(-c3cc(F)cc(OC)c3)ccc(OC)c12. The summed E-state index contributed by atoms with van der Waals surface area (Å²) >= 11 is 0. The van der Waals surface area contributed by atoms with Gasteiger partial charge in [0.15, 0.2) is 5.82 Å². The van der Waals surface area contributed by atoms with E-state index in [0.717, 1.165) is 11.1 Å². The highest BCUT2D eigenvalue weighted by atomic mass is 19.1. The number of hydrogen-bond acceptors (Lipinski definition) is 6. The first-order valence-electron chi connectivity index (χ1n) is 8.96. The molecule has 0 unspecified atom stereocenters. The van der Waals surface area contributed by atoms with Crippen LogP contribution in [0.3, 0.4) is 0 Å². The monoisotopic (exact) mass is 390 g/mol. The Hall–Kier alpha value is -3.74. The molecule has 2 heterocycles. The third kappa shape index (κ3) is 3.42. The summed E-state index contributed by atoms with van der Waals surface area (Å²) in [7, 11) is 4.88. The molecule has 0 aliphatic carbocycles. The van der Waals surface area contributed by atoms with Crippen molar-refractivity contribution in [1.29, 1.82) is 0 Å². The van der Waals surface area contributed by atoms with E-state index in [4.69, 9.17) is 14.5 Å². The van der Waals surface area contributed by atoms with Crippen LogP contribution in [0.4, 0.5) is 10.2 Å². The molecule has 4 rings (SSSR count). The minimum Gasteiger partial charge on any atom is -0.497 e. The van der Waals surface area contributed by atoms with Crippen molar-refractivity contribution in [3.8, 4) is 34.0 Å². The lowest BCUT2D eigenvalue weighted by Crippen LogP contribution is -2.02. The molecule has 0 radical (unpaired) electrons. The molecule has 4 aromatic rings. The second-order valence-corrected chi connectivity index (χ2v) is 6.31. The highest BCUT2D eigenvalue weighted by Crippen LogP contribution is 2.39. The molecule has 146 valence electrons. The maximum Gasteiger partial charge on any atom is 0.163 e. The smallest absolute Gasteiger partial charge is 0.163 e. The molecular weight excluding hydrogens is 371 g/mol. The van der Waals surface area contributed by atoms with Crippen molar-refractivity contribution in [3.63, 3.8) is 0 Å². The van der Waals surface area contributed by atoms with Crippen molar-refractivity contribution in [2.75, 3.05) is 26.6 Å². The maximum absolute atomic E-state index is 14.2. The fourth-order valence-electron chi connectivity index (χ4n) is 3.25. The van der Waals surface area contributed by atoms with Gasteiger partial charge in [0.05, 0.1) is 25.1 Å². The molecular formula is C22H19FN4O2. The summed E-state index contributed by atoms with van der Waals surface area (Å²) in [5, 5.41) is 3.83. The van der Waals surface area contributed by atoms with Crippen molar-refractivity contribution in [1.82, 2.24) is 15.0 Å². The first-order chi connectivity index (χ1) is 14.1. The molecule has 0 aliphatic heterocycles. The summed E-state index contributed by atoms with van der Waals surface area (Å²) in [6.45, 7) is 0. The Morgan fingerprint density at radius 1 is 0.966 bits per heavy atom. The predicted octanol–water partition coefficient (Wildman–Crippen LogP) is 4.56. The third-order valence-corrected chi connectivity index (χ3v) is 4.61. The Balaban J connectivity index is 2.07. The first kappa shape index (κ1) is 18.6. The molecule has 0 aliphatic rings. The zero-order valence-corrected chi connectivity index (χ0v) is 16.2. The van der Waals surface area contributed by atoms with Crippen molar-refractivity contribution in [2.24, 2.45) is 0 Å². The number of aromatic nitrogens is 3. The van der Waals surface area contributed by atoms with Crippen LogP contribution in [-0.4, -0.2) is 36.2 Å². The number of nitrogens with one attached hydrogen (secondary N) is 1. The average molecular weight is 390 g/mol. The Bertz CT molecular complexity index is 1180. The molecule has 2 aromatic heterocycles. The summed E-state index contributed by atoms with van der Waals surface area (Å²) in [5.41, 5.74) is 2.79. The van der Waals surface area contributed by atoms with Crippen LogP contribution in [-0.2, 0) is 0 Å². The van der Waals surface area contributed by atoms with Crippen LogP contribution in [0.15, 0.2) is 54.9 Å². The topological polar surface area (TPSA) is 69.2 Å². The molecule has 2 aromatic carbocycles. The number of methoxy groups -OCH3 is 2. The number of anilines is 1. The van der Waals surface area contributed by atoms with Crippen LogP contribution >= 0.6 is 0 Å². The number of hydrogen-bond donors (Lipinski definition) is 1. The van der Waals surface area contributed by atoms with Gasteiger partial charge in [-0.25, -0.2) is 14.4 Å². The molecule has 0 amide bonds. The fourth-order valence-corrected chi connectivity index (χ4v) is 3.25. The fraction of sp³-hybridized carbons (Fsp3) is 0.136. The van der Waals surface area contributed by atoms with Crippen molar-refractivity contribution in [3.05, 3.63) is 60.7 Å². The Labute approximate surface area is 167 Å². The Morgan fingerprint density at radius 3 is 2.52 bits per heavy atom. The van der Waals surface area contributed by atoms with Crippen LogP contribution < -0.4 is 14.8 Å². The Morgan fingerprint density at radius 2 is 1.83 bits per heavy atom. The van der Waals surface area contributed by atoms with Gasteiger partial charge in [-0.1, -0.05) is 0 Å². The first-order valence-corrected chi connectivity index (χ1v) is 8.96. The van der Waals surface area contributed by atoms with E-state index in [1.54, 1.807) is 32.6 Å². The zero-order valence-electron chi connectivity index (χ0n) is 16.2. The second-order valence-electron chi connectivity index (χ2n) is 6.31. The van der Waals surface area contributed by atoms with Gasteiger partial charge < -0.3 is 14.8 Å². The van der Waals surface area contributed by atoms with E-state index >= 15 is 0 Å². The summed E-state index contributed by atoms with van der Waals surface area (Å²) in [6, 6.07) is 12.0. The Kier molecular flexibility index (Phi) is 4.95. The van der Waals surface area contributed by atoms with Gasteiger partial charge in [-0.3, -0.25) is 4.98 Å². The third-order valence-electron chi connectivity index (χ3n) is 4.61. The molecule has 0 fully saturated rings. The molecule has 0 bridgehead atoms. The van der Waals surface area contributed by atoms with Gasteiger partial charge in [-0.15, -0.1) is 0 Å². The standard InChI is InChI=1S/C22H19FN4O2/c1-24-22-19-18(29-3)7-6-17(14-9-15(23)11-16(10-14)28-2)20(19)26-21(27-22)13-5-4-8-25-12-13/h4-12H,1-3H3,(H,24,26,27). The molecule has 7 heteroatoms. The predicted molar refractivity (Wildman–Crippen MR) is 111 cm³/mol. The van der Waals surface area contributed by atoms with Gasteiger partial charge >= 0.3 is 0 Å². The molecule has 0 saturated heterocycles. The lowest BCUT2D eigenvalue weighted by Gasteiger charge is -2.15. The van der Waals surface area contributed by atoms with E-state index in [0.29, 0.717) is 39.6 Å². The highest BCUT2D eigenvalue weighted by Gasteiger charge is 2.18. The van der Waals surface area contributed by atoms with E-state index < -0.39 is 5.82 Å². The van der Waals surface area contributed by atoms with Crippen LogP contribution in [0.5, 0.6) is 11.5 Å². The number of rotatable bonds is 5. The number of nitrogens with zero attached hydrogens (tertiary/aromatic N) is 3. The minimum atomic E-state index is -0.390. The van der Waals surface area contributed by atoms with Crippen LogP contribution in [0.2, 0.25) is 0 Å².